The molecule has 0 bridgehead atoms. The summed E-state index contributed by atoms with van der Waals surface area (Å²) in [7, 11) is 0. The van der Waals surface area contributed by atoms with Gasteiger partial charge in [-0.3, -0.25) is 4.79 Å². The molecule has 0 aliphatic heterocycles. The van der Waals surface area contributed by atoms with E-state index in [-0.39, 0.29) is 11.7 Å². The van der Waals surface area contributed by atoms with Crippen LogP contribution in [0, 0.1) is 17.7 Å². The molecule has 0 fully saturated rings. The second-order valence-corrected chi connectivity index (χ2v) is 6.01. The lowest BCUT2D eigenvalue weighted by Crippen LogP contribution is -2.22. The van der Waals surface area contributed by atoms with Crippen LogP contribution in [0.3, 0.4) is 0 Å². The van der Waals surface area contributed by atoms with E-state index in [1.54, 1.807) is 6.07 Å². The lowest BCUT2D eigenvalue weighted by molar-refractivity contribution is -0.124. The molecule has 1 rings (SSSR count). The van der Waals surface area contributed by atoms with Crippen molar-refractivity contribution in [1.82, 2.24) is 0 Å². The summed E-state index contributed by atoms with van der Waals surface area (Å²) in [6, 6.07) is 5.36. The Hall–Kier alpha value is -1.18. The first-order valence-electron chi connectivity index (χ1n) is 8.33. The molecule has 1 aromatic carbocycles. The molecular weight excluding hydrogens is 263 g/mol. The monoisotopic (exact) mass is 292 g/mol. The Morgan fingerprint density at radius 2 is 1.90 bits per heavy atom. The van der Waals surface area contributed by atoms with E-state index in [0.29, 0.717) is 24.5 Å². The van der Waals surface area contributed by atoms with Crippen LogP contribution in [0.5, 0.6) is 0 Å². The average Bonchev–Trinajstić information content (AvgIpc) is 2.48. The molecule has 0 saturated heterocycles. The van der Waals surface area contributed by atoms with Crippen LogP contribution in [-0.2, 0) is 17.6 Å². The molecule has 1 aromatic rings. The Morgan fingerprint density at radius 3 is 2.48 bits per heavy atom. The summed E-state index contributed by atoms with van der Waals surface area (Å²) in [5, 5.41) is 0. The van der Waals surface area contributed by atoms with Crippen LogP contribution in [0.4, 0.5) is 4.39 Å². The number of rotatable bonds is 9. The van der Waals surface area contributed by atoms with Gasteiger partial charge in [0.2, 0.25) is 0 Å². The molecule has 21 heavy (non-hydrogen) atoms. The zero-order chi connectivity index (χ0) is 15.8. The van der Waals surface area contributed by atoms with Gasteiger partial charge in [0.1, 0.15) is 11.6 Å². The molecule has 0 radical (unpaired) electrons. The molecule has 2 heteroatoms. The summed E-state index contributed by atoms with van der Waals surface area (Å²) in [6.07, 6.45) is 5.27. The van der Waals surface area contributed by atoms with Crippen LogP contribution in [0.2, 0.25) is 0 Å². The van der Waals surface area contributed by atoms with E-state index in [4.69, 9.17) is 0 Å². The second-order valence-electron chi connectivity index (χ2n) is 6.01. The number of aryl methyl sites for hydroxylation is 2. The van der Waals surface area contributed by atoms with Crippen LogP contribution in [0.15, 0.2) is 18.2 Å². The predicted molar refractivity (Wildman–Crippen MR) is 87.0 cm³/mol. The number of carbonyl (C=O) groups excluding carboxylic acids is 1. The summed E-state index contributed by atoms with van der Waals surface area (Å²) in [4.78, 5) is 12.2. The second kappa shape index (κ2) is 8.96. The topological polar surface area (TPSA) is 17.1 Å². The van der Waals surface area contributed by atoms with E-state index in [0.717, 1.165) is 36.8 Å². The molecule has 2 unspecified atom stereocenters. The highest BCUT2D eigenvalue weighted by molar-refractivity contribution is 5.80. The molecule has 0 heterocycles. The lowest BCUT2D eigenvalue weighted by atomic mass is 9.82. The smallest absolute Gasteiger partial charge is 0.135 e. The highest BCUT2D eigenvalue weighted by atomic mass is 19.1. The fraction of sp³-hybridized carbons (Fsp3) is 0.632. The van der Waals surface area contributed by atoms with Crippen molar-refractivity contribution in [3.05, 3.63) is 35.1 Å². The molecule has 0 amide bonds. The molecule has 1 nitrogen and oxygen atoms in total. The Morgan fingerprint density at radius 1 is 1.19 bits per heavy atom. The van der Waals surface area contributed by atoms with E-state index in [1.807, 2.05) is 26.0 Å². The van der Waals surface area contributed by atoms with E-state index >= 15 is 0 Å². The minimum atomic E-state index is -0.123. The third-order valence-electron chi connectivity index (χ3n) is 4.43. The third kappa shape index (κ3) is 5.26. The maximum atomic E-state index is 13.5. The van der Waals surface area contributed by atoms with Gasteiger partial charge < -0.3 is 0 Å². The van der Waals surface area contributed by atoms with Gasteiger partial charge in [-0.1, -0.05) is 52.7 Å². The fourth-order valence-electron chi connectivity index (χ4n) is 3.06. The minimum Gasteiger partial charge on any atom is -0.299 e. The number of Topliss-reactive ketones (excluding diaryl/α,β-unsaturated/α-hetero) is 1. The SMILES string of the molecule is CCCC(C)C(CCc1ccc(F)c(CC)c1)C(=O)CC. The van der Waals surface area contributed by atoms with Gasteiger partial charge in [-0.25, -0.2) is 4.39 Å². The number of ketones is 1. The van der Waals surface area contributed by atoms with Gasteiger partial charge in [0.15, 0.2) is 0 Å². The highest BCUT2D eigenvalue weighted by Gasteiger charge is 2.22. The Labute approximate surface area is 129 Å². The molecule has 2 atom stereocenters. The first kappa shape index (κ1) is 17.9. The molecule has 0 aromatic heterocycles. The van der Waals surface area contributed by atoms with Gasteiger partial charge in [0.25, 0.3) is 0 Å². The van der Waals surface area contributed by atoms with Gasteiger partial charge >= 0.3 is 0 Å². The van der Waals surface area contributed by atoms with E-state index in [9.17, 15) is 9.18 Å². The molecule has 0 spiro atoms. The molecule has 118 valence electrons. The summed E-state index contributed by atoms with van der Waals surface area (Å²) < 4.78 is 13.5. The summed E-state index contributed by atoms with van der Waals surface area (Å²) >= 11 is 0. The number of halogens is 1. The predicted octanol–water partition coefficient (Wildman–Crippen LogP) is 5.35. The number of hydrogen-bond donors (Lipinski definition) is 0. The fourth-order valence-corrected chi connectivity index (χ4v) is 3.06. The summed E-state index contributed by atoms with van der Waals surface area (Å²) in [5.74, 6) is 0.828. The van der Waals surface area contributed by atoms with Gasteiger partial charge in [-0.05, 0) is 42.4 Å². The van der Waals surface area contributed by atoms with Crippen LogP contribution in [0.25, 0.3) is 0 Å². The number of benzene rings is 1. The van der Waals surface area contributed by atoms with Crippen molar-refractivity contribution >= 4 is 5.78 Å². The summed E-state index contributed by atoms with van der Waals surface area (Å²) in [6.45, 7) is 8.26. The number of carbonyl (C=O) groups is 1. The standard InChI is InChI=1S/C19H29FO/c1-5-8-14(4)17(19(21)7-3)11-9-15-10-12-18(20)16(6-2)13-15/h10,12-14,17H,5-9,11H2,1-4H3. The zero-order valence-electron chi connectivity index (χ0n) is 13.9. The molecule has 0 aliphatic rings. The first-order chi connectivity index (χ1) is 10.0. The Bertz CT molecular complexity index is 453. The van der Waals surface area contributed by atoms with Crippen molar-refractivity contribution in [3.8, 4) is 0 Å². The van der Waals surface area contributed by atoms with Crippen molar-refractivity contribution in [3.63, 3.8) is 0 Å². The summed E-state index contributed by atoms with van der Waals surface area (Å²) in [5.41, 5.74) is 1.92. The largest absolute Gasteiger partial charge is 0.299 e. The van der Waals surface area contributed by atoms with Gasteiger partial charge in [-0.15, -0.1) is 0 Å². The van der Waals surface area contributed by atoms with Crippen molar-refractivity contribution in [2.24, 2.45) is 11.8 Å². The van der Waals surface area contributed by atoms with Crippen LogP contribution >= 0.6 is 0 Å². The van der Waals surface area contributed by atoms with Crippen LogP contribution in [-0.4, -0.2) is 5.78 Å². The van der Waals surface area contributed by atoms with Crippen molar-refractivity contribution < 1.29 is 9.18 Å². The van der Waals surface area contributed by atoms with E-state index in [1.165, 1.54) is 0 Å². The minimum absolute atomic E-state index is 0.123. The first-order valence-corrected chi connectivity index (χ1v) is 8.33. The molecule has 0 N–H and O–H groups in total. The zero-order valence-corrected chi connectivity index (χ0v) is 13.9. The van der Waals surface area contributed by atoms with Gasteiger partial charge in [-0.2, -0.15) is 0 Å². The van der Waals surface area contributed by atoms with E-state index < -0.39 is 0 Å². The van der Waals surface area contributed by atoms with Gasteiger partial charge in [0.05, 0.1) is 0 Å². The maximum Gasteiger partial charge on any atom is 0.135 e. The Kier molecular flexibility index (Phi) is 7.63. The van der Waals surface area contributed by atoms with Gasteiger partial charge in [0, 0.05) is 12.3 Å². The van der Waals surface area contributed by atoms with Crippen molar-refractivity contribution in [2.75, 3.05) is 0 Å². The van der Waals surface area contributed by atoms with E-state index in [2.05, 4.69) is 13.8 Å². The third-order valence-corrected chi connectivity index (χ3v) is 4.43. The van der Waals surface area contributed by atoms with Crippen LogP contribution in [0.1, 0.15) is 64.5 Å². The van der Waals surface area contributed by atoms with Crippen molar-refractivity contribution in [1.29, 1.82) is 0 Å². The molecule has 0 saturated carbocycles. The highest BCUT2D eigenvalue weighted by Crippen LogP contribution is 2.25. The number of hydrogen-bond acceptors (Lipinski definition) is 1. The maximum absolute atomic E-state index is 13.5. The van der Waals surface area contributed by atoms with Crippen molar-refractivity contribution in [2.45, 2.75) is 66.2 Å². The Balaban J connectivity index is 2.74. The lowest BCUT2D eigenvalue weighted by Gasteiger charge is -2.22. The molecule has 0 aliphatic carbocycles. The van der Waals surface area contributed by atoms with Crippen LogP contribution < -0.4 is 0 Å². The molecular formula is C19H29FO. The average molecular weight is 292 g/mol. The quantitative estimate of drug-likeness (QED) is 0.599. The normalized spacial score (nSPS) is 14.0.